The van der Waals surface area contributed by atoms with E-state index >= 15 is 0 Å². The summed E-state index contributed by atoms with van der Waals surface area (Å²) < 4.78 is 11.0. The van der Waals surface area contributed by atoms with Gasteiger partial charge in [0.2, 0.25) is 0 Å². The summed E-state index contributed by atoms with van der Waals surface area (Å²) in [5.41, 5.74) is 1.87. The van der Waals surface area contributed by atoms with Gasteiger partial charge in [-0.3, -0.25) is 4.79 Å². The number of carbonyl (C=O) groups excluding carboxylic acids is 1. The van der Waals surface area contributed by atoms with E-state index in [1.165, 1.54) is 0 Å². The van der Waals surface area contributed by atoms with E-state index in [1.54, 1.807) is 50.2 Å². The molecule has 138 valence electrons. The van der Waals surface area contributed by atoms with E-state index < -0.39 is 5.97 Å². The number of carboxylic acid groups (broad SMARTS) is 1. The molecular formula is C20H23NO5. The Morgan fingerprint density at radius 3 is 2.19 bits per heavy atom. The van der Waals surface area contributed by atoms with Crippen LogP contribution in [0.5, 0.6) is 11.5 Å². The van der Waals surface area contributed by atoms with E-state index in [0.29, 0.717) is 18.1 Å². The average molecular weight is 357 g/mol. The van der Waals surface area contributed by atoms with Gasteiger partial charge < -0.3 is 19.5 Å². The number of nitrogens with zero attached hydrogens (tertiary/aromatic N) is 1. The van der Waals surface area contributed by atoms with Crippen molar-refractivity contribution in [1.82, 2.24) is 0 Å². The van der Waals surface area contributed by atoms with Crippen LogP contribution in [0.15, 0.2) is 42.5 Å². The van der Waals surface area contributed by atoms with Gasteiger partial charge in [0.15, 0.2) is 11.5 Å². The summed E-state index contributed by atoms with van der Waals surface area (Å²) in [4.78, 5) is 24.7. The summed E-state index contributed by atoms with van der Waals surface area (Å²) >= 11 is 0. The number of rotatable bonds is 7. The summed E-state index contributed by atoms with van der Waals surface area (Å²) in [6, 6.07) is 11.9. The summed E-state index contributed by atoms with van der Waals surface area (Å²) in [5.74, 6) is -0.665. The molecule has 0 radical (unpaired) electrons. The molecule has 2 aromatic rings. The molecule has 1 N–H and O–H groups in total. The van der Waals surface area contributed by atoms with E-state index in [2.05, 4.69) is 0 Å². The van der Waals surface area contributed by atoms with Crippen molar-refractivity contribution in [3.05, 3.63) is 48.0 Å². The molecule has 0 bridgehead atoms. The number of carbonyl (C=O) groups is 2. The van der Waals surface area contributed by atoms with Crippen LogP contribution in [-0.2, 0) is 4.79 Å². The SMILES string of the molecule is CCOc1cc(N(C)c2ccc(C(=O)O)cc2)ccc1OC(=O)C(C)C. The number of esters is 1. The second kappa shape index (κ2) is 8.38. The first-order valence-electron chi connectivity index (χ1n) is 8.39. The lowest BCUT2D eigenvalue weighted by atomic mass is 10.2. The van der Waals surface area contributed by atoms with Crippen molar-refractivity contribution in [1.29, 1.82) is 0 Å². The number of hydrogen-bond donors (Lipinski definition) is 1. The molecule has 0 saturated heterocycles. The number of ether oxygens (including phenoxy) is 2. The third kappa shape index (κ3) is 4.53. The van der Waals surface area contributed by atoms with Crippen molar-refractivity contribution in [3.8, 4) is 11.5 Å². The molecule has 6 nitrogen and oxygen atoms in total. The van der Waals surface area contributed by atoms with E-state index in [1.807, 2.05) is 24.9 Å². The highest BCUT2D eigenvalue weighted by molar-refractivity contribution is 5.88. The summed E-state index contributed by atoms with van der Waals surface area (Å²) in [6.07, 6.45) is 0. The summed E-state index contributed by atoms with van der Waals surface area (Å²) in [6.45, 7) is 5.83. The van der Waals surface area contributed by atoms with Gasteiger partial charge in [0.05, 0.1) is 18.1 Å². The molecule has 2 aromatic carbocycles. The van der Waals surface area contributed by atoms with Crippen LogP contribution in [0.3, 0.4) is 0 Å². The Balaban J connectivity index is 2.29. The molecule has 0 amide bonds. The fourth-order valence-electron chi connectivity index (χ4n) is 2.26. The van der Waals surface area contributed by atoms with Crippen LogP contribution in [0.4, 0.5) is 11.4 Å². The number of carboxylic acids is 1. The fourth-order valence-corrected chi connectivity index (χ4v) is 2.26. The van der Waals surface area contributed by atoms with Gasteiger partial charge in [-0.15, -0.1) is 0 Å². The molecule has 26 heavy (non-hydrogen) atoms. The molecule has 0 aliphatic carbocycles. The lowest BCUT2D eigenvalue weighted by Gasteiger charge is -2.21. The molecule has 0 spiro atoms. The molecule has 0 aromatic heterocycles. The van der Waals surface area contributed by atoms with Gasteiger partial charge in [0.1, 0.15) is 0 Å². The standard InChI is InChI=1S/C20H23NO5/c1-5-25-18-12-16(10-11-17(18)26-20(24)13(2)3)21(4)15-8-6-14(7-9-15)19(22)23/h6-13H,5H2,1-4H3,(H,22,23). The Hall–Kier alpha value is -3.02. The molecule has 0 saturated carbocycles. The van der Waals surface area contributed by atoms with Crippen LogP contribution in [0.25, 0.3) is 0 Å². The minimum atomic E-state index is -0.964. The fraction of sp³-hybridized carbons (Fsp3) is 0.300. The molecule has 0 heterocycles. The Bertz CT molecular complexity index is 783. The average Bonchev–Trinajstić information content (AvgIpc) is 2.62. The molecular weight excluding hydrogens is 334 g/mol. The van der Waals surface area contributed by atoms with Gasteiger partial charge in [-0.25, -0.2) is 4.79 Å². The maximum absolute atomic E-state index is 11.9. The van der Waals surface area contributed by atoms with Crippen molar-refractivity contribution in [2.24, 2.45) is 5.92 Å². The predicted molar refractivity (Wildman–Crippen MR) is 99.5 cm³/mol. The van der Waals surface area contributed by atoms with Gasteiger partial charge in [-0.2, -0.15) is 0 Å². The molecule has 2 rings (SSSR count). The lowest BCUT2D eigenvalue weighted by Crippen LogP contribution is -2.16. The van der Waals surface area contributed by atoms with Crippen molar-refractivity contribution >= 4 is 23.3 Å². The maximum Gasteiger partial charge on any atom is 0.335 e. The first-order chi connectivity index (χ1) is 12.3. The molecule has 0 aliphatic rings. The maximum atomic E-state index is 11.9. The monoisotopic (exact) mass is 357 g/mol. The largest absolute Gasteiger partial charge is 0.490 e. The third-order valence-electron chi connectivity index (χ3n) is 3.80. The molecule has 0 aliphatic heterocycles. The van der Waals surface area contributed by atoms with Crippen LogP contribution >= 0.6 is 0 Å². The normalized spacial score (nSPS) is 10.5. The number of aromatic carboxylic acids is 1. The number of anilines is 2. The van der Waals surface area contributed by atoms with E-state index in [-0.39, 0.29) is 17.5 Å². The second-order valence-electron chi connectivity index (χ2n) is 6.05. The Labute approximate surface area is 153 Å². The van der Waals surface area contributed by atoms with Gasteiger partial charge >= 0.3 is 11.9 Å². The zero-order chi connectivity index (χ0) is 19.3. The first kappa shape index (κ1) is 19.3. The third-order valence-corrected chi connectivity index (χ3v) is 3.80. The second-order valence-corrected chi connectivity index (χ2v) is 6.05. The van der Waals surface area contributed by atoms with Crippen molar-refractivity contribution in [3.63, 3.8) is 0 Å². The van der Waals surface area contributed by atoms with Gasteiger partial charge in [-0.05, 0) is 43.3 Å². The minimum Gasteiger partial charge on any atom is -0.490 e. The smallest absolute Gasteiger partial charge is 0.335 e. The topological polar surface area (TPSA) is 76.1 Å². The predicted octanol–water partition coefficient (Wildman–Crippen LogP) is 4.11. The Morgan fingerprint density at radius 1 is 1.04 bits per heavy atom. The van der Waals surface area contributed by atoms with Crippen molar-refractivity contribution in [2.45, 2.75) is 20.8 Å². The highest BCUT2D eigenvalue weighted by Gasteiger charge is 2.16. The van der Waals surface area contributed by atoms with Crippen LogP contribution in [-0.4, -0.2) is 30.7 Å². The number of benzene rings is 2. The van der Waals surface area contributed by atoms with Crippen LogP contribution < -0.4 is 14.4 Å². The van der Waals surface area contributed by atoms with Gasteiger partial charge in [-0.1, -0.05) is 13.8 Å². The number of hydrogen-bond acceptors (Lipinski definition) is 5. The van der Waals surface area contributed by atoms with E-state index in [4.69, 9.17) is 14.6 Å². The highest BCUT2D eigenvalue weighted by Crippen LogP contribution is 2.34. The first-order valence-corrected chi connectivity index (χ1v) is 8.39. The van der Waals surface area contributed by atoms with Crippen LogP contribution in [0, 0.1) is 5.92 Å². The lowest BCUT2D eigenvalue weighted by molar-refractivity contribution is -0.137. The van der Waals surface area contributed by atoms with Gasteiger partial charge in [0, 0.05) is 24.5 Å². The van der Waals surface area contributed by atoms with E-state index in [0.717, 1.165) is 11.4 Å². The quantitative estimate of drug-likeness (QED) is 0.593. The minimum absolute atomic E-state index is 0.230. The summed E-state index contributed by atoms with van der Waals surface area (Å²) in [7, 11) is 1.86. The van der Waals surface area contributed by atoms with Crippen molar-refractivity contribution < 1.29 is 24.2 Å². The molecule has 6 heteroatoms. The Kier molecular flexibility index (Phi) is 6.22. The summed E-state index contributed by atoms with van der Waals surface area (Å²) in [5, 5.41) is 9.00. The zero-order valence-corrected chi connectivity index (χ0v) is 15.4. The Morgan fingerprint density at radius 2 is 1.65 bits per heavy atom. The van der Waals surface area contributed by atoms with E-state index in [9.17, 15) is 9.59 Å². The van der Waals surface area contributed by atoms with Crippen LogP contribution in [0.1, 0.15) is 31.1 Å². The highest BCUT2D eigenvalue weighted by atomic mass is 16.6. The molecule has 0 fully saturated rings. The van der Waals surface area contributed by atoms with Crippen molar-refractivity contribution in [2.75, 3.05) is 18.6 Å². The molecule has 0 atom stereocenters. The van der Waals surface area contributed by atoms with Crippen LogP contribution in [0.2, 0.25) is 0 Å². The molecule has 0 unspecified atom stereocenters. The zero-order valence-electron chi connectivity index (χ0n) is 15.4. The van der Waals surface area contributed by atoms with Gasteiger partial charge in [0.25, 0.3) is 0 Å².